The number of carbonyl (C=O) groups excluding carboxylic acids is 1. The molecule has 1 amide bonds. The number of nitrogens with one attached hydrogen (secondary N) is 2. The first-order chi connectivity index (χ1) is 15.1. The van der Waals surface area contributed by atoms with Gasteiger partial charge in [0.05, 0.1) is 16.4 Å². The molecule has 0 fully saturated rings. The molecule has 0 atom stereocenters. The molecule has 0 aliphatic heterocycles. The van der Waals surface area contributed by atoms with Gasteiger partial charge in [-0.1, -0.05) is 30.3 Å². The predicted octanol–water partition coefficient (Wildman–Crippen LogP) is 4.88. The Balaban J connectivity index is 1.54. The third-order valence-electron chi connectivity index (χ3n) is 4.13. The zero-order valence-electron chi connectivity index (χ0n) is 16.8. The average Bonchev–Trinajstić information content (AvgIpc) is 2.78. The molecule has 0 aromatic heterocycles. The molecule has 0 unspecified atom stereocenters. The SMILES string of the molecule is COc1ccc(C(=O)NC(=S)Nc2ccccc2OCCOc2ccccc2)cc1I. The lowest BCUT2D eigenvalue weighted by atomic mass is 10.2. The van der Waals surface area contributed by atoms with Gasteiger partial charge in [-0.25, -0.2) is 0 Å². The van der Waals surface area contributed by atoms with E-state index in [9.17, 15) is 4.79 Å². The van der Waals surface area contributed by atoms with E-state index in [2.05, 4.69) is 33.2 Å². The van der Waals surface area contributed by atoms with Crippen LogP contribution in [0.4, 0.5) is 5.69 Å². The smallest absolute Gasteiger partial charge is 0.257 e. The summed E-state index contributed by atoms with van der Waals surface area (Å²) in [6.45, 7) is 0.757. The Morgan fingerprint density at radius 1 is 0.935 bits per heavy atom. The second-order valence-electron chi connectivity index (χ2n) is 6.26. The summed E-state index contributed by atoms with van der Waals surface area (Å²) >= 11 is 7.42. The zero-order chi connectivity index (χ0) is 22.1. The van der Waals surface area contributed by atoms with E-state index in [1.54, 1.807) is 25.3 Å². The van der Waals surface area contributed by atoms with Gasteiger partial charge in [-0.3, -0.25) is 10.1 Å². The Morgan fingerprint density at radius 3 is 2.39 bits per heavy atom. The highest BCUT2D eigenvalue weighted by molar-refractivity contribution is 14.1. The fraction of sp³-hybridized carbons (Fsp3) is 0.130. The number of amides is 1. The Labute approximate surface area is 200 Å². The highest BCUT2D eigenvalue weighted by Crippen LogP contribution is 2.24. The number of halogens is 1. The van der Waals surface area contributed by atoms with Gasteiger partial charge in [0.1, 0.15) is 30.5 Å². The monoisotopic (exact) mass is 548 g/mol. The number of para-hydroxylation sites is 3. The van der Waals surface area contributed by atoms with E-state index in [4.69, 9.17) is 26.4 Å². The number of hydrogen-bond donors (Lipinski definition) is 2. The van der Waals surface area contributed by atoms with Gasteiger partial charge in [0.15, 0.2) is 5.11 Å². The summed E-state index contributed by atoms with van der Waals surface area (Å²) in [5.41, 5.74) is 1.13. The lowest BCUT2D eigenvalue weighted by Gasteiger charge is -2.15. The number of benzene rings is 3. The molecule has 0 aliphatic carbocycles. The van der Waals surface area contributed by atoms with Crippen molar-refractivity contribution < 1.29 is 19.0 Å². The number of carbonyl (C=O) groups is 1. The van der Waals surface area contributed by atoms with Gasteiger partial charge in [-0.15, -0.1) is 0 Å². The van der Waals surface area contributed by atoms with Gasteiger partial charge in [0, 0.05) is 5.56 Å². The highest BCUT2D eigenvalue weighted by Gasteiger charge is 2.12. The molecule has 0 saturated heterocycles. The minimum absolute atomic E-state index is 0.174. The van der Waals surface area contributed by atoms with Gasteiger partial charge >= 0.3 is 0 Å². The molecule has 0 aliphatic rings. The Kier molecular flexibility index (Phi) is 8.48. The second kappa shape index (κ2) is 11.5. The van der Waals surface area contributed by atoms with Crippen LogP contribution in [0.5, 0.6) is 17.2 Å². The maximum absolute atomic E-state index is 12.5. The largest absolute Gasteiger partial charge is 0.496 e. The lowest BCUT2D eigenvalue weighted by molar-refractivity contribution is 0.0977. The van der Waals surface area contributed by atoms with Gasteiger partial charge < -0.3 is 19.5 Å². The number of methoxy groups -OCH3 is 1. The van der Waals surface area contributed by atoms with Gasteiger partial charge in [-0.2, -0.15) is 0 Å². The summed E-state index contributed by atoms with van der Waals surface area (Å²) in [6.07, 6.45) is 0. The molecular weight excluding hydrogens is 527 g/mol. The van der Waals surface area contributed by atoms with Crippen molar-refractivity contribution in [1.29, 1.82) is 0 Å². The molecule has 0 heterocycles. The fourth-order valence-corrected chi connectivity index (χ4v) is 3.60. The Hall–Kier alpha value is -2.85. The molecule has 3 rings (SSSR count). The van der Waals surface area contributed by atoms with Crippen LogP contribution in [0.25, 0.3) is 0 Å². The third-order valence-corrected chi connectivity index (χ3v) is 5.18. The summed E-state index contributed by atoms with van der Waals surface area (Å²) in [7, 11) is 1.59. The van der Waals surface area contributed by atoms with Crippen molar-refractivity contribution in [3.05, 3.63) is 81.9 Å². The highest BCUT2D eigenvalue weighted by atomic mass is 127. The summed E-state index contributed by atoms with van der Waals surface area (Å²) in [6, 6.07) is 22.1. The van der Waals surface area contributed by atoms with Crippen LogP contribution < -0.4 is 24.8 Å². The topological polar surface area (TPSA) is 68.8 Å². The normalized spacial score (nSPS) is 10.1. The van der Waals surface area contributed by atoms with Crippen molar-refractivity contribution in [2.45, 2.75) is 0 Å². The van der Waals surface area contributed by atoms with E-state index in [0.29, 0.717) is 36.0 Å². The Bertz CT molecular complexity index is 1050. The van der Waals surface area contributed by atoms with Crippen LogP contribution in [0.3, 0.4) is 0 Å². The molecule has 160 valence electrons. The number of ether oxygens (including phenoxy) is 3. The molecule has 6 nitrogen and oxygen atoms in total. The molecular formula is C23H21IN2O4S. The molecule has 0 spiro atoms. The molecule has 2 N–H and O–H groups in total. The van der Waals surface area contributed by atoms with Crippen molar-refractivity contribution in [2.75, 3.05) is 25.6 Å². The molecule has 3 aromatic rings. The molecule has 3 aromatic carbocycles. The first-order valence-electron chi connectivity index (χ1n) is 9.42. The molecule has 0 bridgehead atoms. The van der Waals surface area contributed by atoms with Crippen LogP contribution in [0.1, 0.15) is 10.4 Å². The van der Waals surface area contributed by atoms with Crippen molar-refractivity contribution in [3.8, 4) is 17.2 Å². The van der Waals surface area contributed by atoms with Crippen molar-refractivity contribution in [3.63, 3.8) is 0 Å². The van der Waals surface area contributed by atoms with Gasteiger partial charge in [0.25, 0.3) is 5.91 Å². The summed E-state index contributed by atoms with van der Waals surface area (Å²) < 4.78 is 17.5. The van der Waals surface area contributed by atoms with Crippen LogP contribution in [0.15, 0.2) is 72.8 Å². The van der Waals surface area contributed by atoms with Crippen LogP contribution >= 0.6 is 34.8 Å². The van der Waals surface area contributed by atoms with Crippen LogP contribution in [-0.2, 0) is 0 Å². The van der Waals surface area contributed by atoms with E-state index in [-0.39, 0.29) is 11.0 Å². The first-order valence-corrected chi connectivity index (χ1v) is 10.9. The third kappa shape index (κ3) is 6.83. The minimum Gasteiger partial charge on any atom is -0.496 e. The molecule has 31 heavy (non-hydrogen) atoms. The standard InChI is InChI=1S/C23H21IN2O4S/c1-28-20-12-11-16(15-18(20)24)22(27)26-23(31)25-19-9-5-6-10-21(19)30-14-13-29-17-7-3-2-4-8-17/h2-12,15H,13-14H2,1H3,(H2,25,26,27,31). The van der Waals surface area contributed by atoms with Crippen LogP contribution in [0.2, 0.25) is 0 Å². The number of hydrogen-bond acceptors (Lipinski definition) is 5. The maximum atomic E-state index is 12.5. The maximum Gasteiger partial charge on any atom is 0.257 e. The molecule has 8 heteroatoms. The van der Waals surface area contributed by atoms with E-state index in [1.807, 2.05) is 54.6 Å². The predicted molar refractivity (Wildman–Crippen MR) is 133 cm³/mol. The Morgan fingerprint density at radius 2 is 1.65 bits per heavy atom. The van der Waals surface area contributed by atoms with Crippen LogP contribution in [0, 0.1) is 3.57 Å². The summed E-state index contributed by atoms with van der Waals surface area (Å²) in [4.78, 5) is 12.5. The lowest BCUT2D eigenvalue weighted by Crippen LogP contribution is -2.34. The number of thiocarbonyl (C=S) groups is 1. The quantitative estimate of drug-likeness (QED) is 0.238. The van der Waals surface area contributed by atoms with Crippen molar-refractivity contribution >= 4 is 51.5 Å². The van der Waals surface area contributed by atoms with E-state index >= 15 is 0 Å². The van der Waals surface area contributed by atoms with E-state index < -0.39 is 0 Å². The summed E-state index contributed by atoms with van der Waals surface area (Å²) in [5, 5.41) is 5.87. The van der Waals surface area contributed by atoms with Gasteiger partial charge in [-0.05, 0) is 77.3 Å². The van der Waals surface area contributed by atoms with Gasteiger partial charge in [0.2, 0.25) is 0 Å². The summed E-state index contributed by atoms with van der Waals surface area (Å²) in [5.74, 6) is 1.79. The first kappa shape index (κ1) is 22.8. The zero-order valence-corrected chi connectivity index (χ0v) is 19.7. The van der Waals surface area contributed by atoms with Crippen molar-refractivity contribution in [1.82, 2.24) is 5.32 Å². The van der Waals surface area contributed by atoms with Crippen molar-refractivity contribution in [2.24, 2.45) is 0 Å². The van der Waals surface area contributed by atoms with E-state index in [1.165, 1.54) is 0 Å². The number of anilines is 1. The average molecular weight is 548 g/mol. The van der Waals surface area contributed by atoms with E-state index in [0.717, 1.165) is 9.32 Å². The second-order valence-corrected chi connectivity index (χ2v) is 7.83. The fourth-order valence-electron chi connectivity index (χ4n) is 2.66. The molecule has 0 saturated carbocycles. The minimum atomic E-state index is -0.312. The number of rotatable bonds is 8. The molecule has 0 radical (unpaired) electrons. The van der Waals surface area contributed by atoms with Crippen LogP contribution in [-0.4, -0.2) is 31.3 Å².